The highest BCUT2D eigenvalue weighted by Crippen LogP contribution is 2.27. The number of oxime groups is 2. The van der Waals surface area contributed by atoms with Gasteiger partial charge in [-0.25, -0.2) is 4.98 Å². The lowest BCUT2D eigenvalue weighted by Crippen LogP contribution is -2.38. The summed E-state index contributed by atoms with van der Waals surface area (Å²) >= 11 is 0. The predicted molar refractivity (Wildman–Crippen MR) is 83.4 cm³/mol. The Balaban J connectivity index is 2.01. The van der Waals surface area contributed by atoms with Gasteiger partial charge in [0.25, 0.3) is 11.8 Å². The van der Waals surface area contributed by atoms with Gasteiger partial charge in [0.1, 0.15) is 25.8 Å². The van der Waals surface area contributed by atoms with Gasteiger partial charge in [0, 0.05) is 0 Å². The third-order valence-electron chi connectivity index (χ3n) is 3.11. The molecule has 1 N–H and O–H groups in total. The lowest BCUT2D eigenvalue weighted by atomic mass is 10.1. The van der Waals surface area contributed by atoms with Crippen molar-refractivity contribution >= 4 is 11.5 Å². The average Bonchev–Trinajstić information content (AvgIpc) is 2.65. The Kier molecular flexibility index (Phi) is 4.97. The molecule has 25 heavy (non-hydrogen) atoms. The first-order valence-electron chi connectivity index (χ1n) is 7.19. The van der Waals surface area contributed by atoms with E-state index in [0.717, 1.165) is 6.33 Å². The van der Waals surface area contributed by atoms with E-state index in [9.17, 15) is 8.78 Å². The molecule has 1 aromatic carbocycles. The monoisotopic (exact) mass is 349 g/mol. The van der Waals surface area contributed by atoms with E-state index < -0.39 is 17.6 Å². The third-order valence-corrected chi connectivity index (χ3v) is 3.11. The Morgan fingerprint density at radius 2 is 2.12 bits per heavy atom. The lowest BCUT2D eigenvalue weighted by molar-refractivity contribution is 0.137. The zero-order valence-corrected chi connectivity index (χ0v) is 13.1. The summed E-state index contributed by atoms with van der Waals surface area (Å²) in [7, 11) is 1.37. The molecule has 0 saturated carbocycles. The molecule has 8 nitrogen and oxygen atoms in total. The van der Waals surface area contributed by atoms with Gasteiger partial charge in [-0.15, -0.1) is 0 Å². The SMILES string of the molecule is CON=C(C1=NOCCN1)c1ccccc1Oc1ncnc(F)c1F. The maximum atomic E-state index is 13.8. The number of halogens is 2. The van der Waals surface area contributed by atoms with Crippen LogP contribution in [0, 0.1) is 11.8 Å². The molecule has 0 bridgehead atoms. The highest BCUT2D eigenvalue weighted by atomic mass is 19.2. The van der Waals surface area contributed by atoms with Crippen molar-refractivity contribution in [3.05, 3.63) is 47.9 Å². The van der Waals surface area contributed by atoms with Crippen LogP contribution in [-0.2, 0) is 9.68 Å². The van der Waals surface area contributed by atoms with Crippen LogP contribution in [0.4, 0.5) is 8.78 Å². The molecule has 0 radical (unpaired) electrons. The van der Waals surface area contributed by atoms with Crippen molar-refractivity contribution in [1.82, 2.24) is 15.3 Å². The number of amidine groups is 1. The standard InChI is InChI=1S/C15H13F2N5O3/c1-23-21-12(14-18-6-7-24-22-14)9-4-2-3-5-10(9)25-15-11(16)13(17)19-8-20-15/h2-5,8H,6-7H2,1H3,(H,18,22). The second kappa shape index (κ2) is 7.51. The molecule has 0 spiro atoms. The van der Waals surface area contributed by atoms with Crippen LogP contribution >= 0.6 is 0 Å². The van der Waals surface area contributed by atoms with E-state index in [1.807, 2.05) is 0 Å². The number of nitrogens with zero attached hydrogens (tertiary/aromatic N) is 4. The number of aromatic nitrogens is 2. The van der Waals surface area contributed by atoms with E-state index in [1.165, 1.54) is 7.11 Å². The van der Waals surface area contributed by atoms with Crippen molar-refractivity contribution in [2.75, 3.05) is 20.3 Å². The minimum Gasteiger partial charge on any atom is -0.436 e. The minimum atomic E-state index is -1.31. The molecule has 0 aliphatic carbocycles. The summed E-state index contributed by atoms with van der Waals surface area (Å²) in [6, 6.07) is 6.57. The molecule has 1 aliphatic heterocycles. The summed E-state index contributed by atoms with van der Waals surface area (Å²) in [5, 5.41) is 10.8. The Morgan fingerprint density at radius 1 is 1.28 bits per heavy atom. The fourth-order valence-electron chi connectivity index (χ4n) is 2.06. The highest BCUT2D eigenvalue weighted by molar-refractivity contribution is 6.47. The fourth-order valence-corrected chi connectivity index (χ4v) is 2.06. The second-order valence-electron chi connectivity index (χ2n) is 4.70. The molecule has 2 aromatic rings. The topological polar surface area (TPSA) is 90.2 Å². The van der Waals surface area contributed by atoms with Gasteiger partial charge >= 0.3 is 0 Å². The van der Waals surface area contributed by atoms with Crippen molar-refractivity contribution in [2.45, 2.75) is 0 Å². The van der Waals surface area contributed by atoms with Crippen molar-refractivity contribution in [2.24, 2.45) is 10.3 Å². The lowest BCUT2D eigenvalue weighted by Gasteiger charge is -2.17. The van der Waals surface area contributed by atoms with Gasteiger partial charge in [0.05, 0.1) is 12.1 Å². The van der Waals surface area contributed by atoms with E-state index in [4.69, 9.17) is 14.4 Å². The van der Waals surface area contributed by atoms with Crippen LogP contribution in [0.15, 0.2) is 40.9 Å². The molecule has 130 valence electrons. The molecule has 0 amide bonds. The average molecular weight is 349 g/mol. The smallest absolute Gasteiger partial charge is 0.262 e. The number of hydrogen-bond donors (Lipinski definition) is 1. The molecule has 0 saturated heterocycles. The maximum absolute atomic E-state index is 13.8. The van der Waals surface area contributed by atoms with E-state index in [0.29, 0.717) is 24.6 Å². The van der Waals surface area contributed by atoms with Crippen molar-refractivity contribution in [3.8, 4) is 11.6 Å². The summed E-state index contributed by atoms with van der Waals surface area (Å²) in [6.07, 6.45) is 0.862. The van der Waals surface area contributed by atoms with E-state index in [1.54, 1.807) is 24.3 Å². The number of ether oxygens (including phenoxy) is 1. The van der Waals surface area contributed by atoms with E-state index in [2.05, 4.69) is 25.6 Å². The molecular formula is C15H13F2N5O3. The van der Waals surface area contributed by atoms with E-state index in [-0.39, 0.29) is 11.5 Å². The third kappa shape index (κ3) is 3.62. The largest absolute Gasteiger partial charge is 0.436 e. The van der Waals surface area contributed by atoms with Crippen LogP contribution in [0.2, 0.25) is 0 Å². The van der Waals surface area contributed by atoms with Crippen molar-refractivity contribution < 1.29 is 23.2 Å². The molecule has 1 aromatic heterocycles. The Bertz CT molecular complexity index is 829. The normalized spacial score (nSPS) is 14.2. The Morgan fingerprint density at radius 3 is 2.88 bits per heavy atom. The first-order chi connectivity index (χ1) is 12.2. The van der Waals surface area contributed by atoms with Crippen molar-refractivity contribution in [3.63, 3.8) is 0 Å². The van der Waals surface area contributed by atoms with Crippen LogP contribution in [0.5, 0.6) is 11.6 Å². The van der Waals surface area contributed by atoms with Gasteiger partial charge in [0.2, 0.25) is 5.82 Å². The second-order valence-corrected chi connectivity index (χ2v) is 4.70. The van der Waals surface area contributed by atoms with Gasteiger partial charge in [0.15, 0.2) is 11.5 Å². The van der Waals surface area contributed by atoms with Crippen LogP contribution in [-0.4, -0.2) is 41.8 Å². The zero-order valence-electron chi connectivity index (χ0n) is 13.1. The Hall–Kier alpha value is -3.30. The number of benzene rings is 1. The fraction of sp³-hybridized carbons (Fsp3) is 0.200. The molecule has 0 unspecified atom stereocenters. The first kappa shape index (κ1) is 16.6. The maximum Gasteiger partial charge on any atom is 0.262 e. The molecule has 2 heterocycles. The quantitative estimate of drug-likeness (QED) is 0.503. The number of nitrogens with one attached hydrogen (secondary N) is 1. The molecule has 0 fully saturated rings. The number of rotatable bonds is 5. The molecule has 10 heteroatoms. The van der Waals surface area contributed by atoms with Crippen molar-refractivity contribution in [1.29, 1.82) is 0 Å². The van der Waals surface area contributed by atoms with E-state index >= 15 is 0 Å². The van der Waals surface area contributed by atoms with Crippen LogP contribution in [0.3, 0.4) is 0 Å². The summed E-state index contributed by atoms with van der Waals surface area (Å²) in [5.41, 5.74) is 0.687. The van der Waals surface area contributed by atoms with Gasteiger partial charge in [-0.3, -0.25) is 0 Å². The molecule has 3 rings (SSSR count). The predicted octanol–water partition coefficient (Wildman–Crippen LogP) is 1.83. The molecular weight excluding hydrogens is 336 g/mol. The number of hydrogen-bond acceptors (Lipinski definition) is 8. The van der Waals surface area contributed by atoms with Crippen LogP contribution in [0.25, 0.3) is 0 Å². The summed E-state index contributed by atoms with van der Waals surface area (Å²) in [4.78, 5) is 16.6. The summed E-state index contributed by atoms with van der Waals surface area (Å²) < 4.78 is 32.5. The summed E-state index contributed by atoms with van der Waals surface area (Å²) in [5.74, 6) is -2.66. The van der Waals surface area contributed by atoms with Crippen LogP contribution < -0.4 is 10.1 Å². The number of para-hydroxylation sites is 1. The molecule has 1 aliphatic rings. The highest BCUT2D eigenvalue weighted by Gasteiger charge is 2.22. The first-order valence-corrected chi connectivity index (χ1v) is 7.19. The van der Waals surface area contributed by atoms with Gasteiger partial charge in [-0.1, -0.05) is 22.4 Å². The van der Waals surface area contributed by atoms with Gasteiger partial charge < -0.3 is 19.7 Å². The van der Waals surface area contributed by atoms with Gasteiger partial charge in [-0.2, -0.15) is 13.8 Å². The minimum absolute atomic E-state index is 0.172. The molecule has 0 atom stereocenters. The summed E-state index contributed by atoms with van der Waals surface area (Å²) in [6.45, 7) is 0.934. The van der Waals surface area contributed by atoms with Gasteiger partial charge in [-0.05, 0) is 12.1 Å². The van der Waals surface area contributed by atoms with Crippen LogP contribution in [0.1, 0.15) is 5.56 Å². The Labute approximate surface area is 141 Å². The zero-order chi connectivity index (χ0) is 17.6.